The van der Waals surface area contributed by atoms with E-state index in [4.69, 9.17) is 9.47 Å². The number of ether oxygens (including phenoxy) is 2. The number of benzene rings is 3. The zero-order chi connectivity index (χ0) is 28.3. The average molecular weight is 568 g/mol. The van der Waals surface area contributed by atoms with Crippen LogP contribution in [0.4, 0.5) is 10.1 Å². The molecule has 0 aliphatic carbocycles. The number of piperidine rings is 1. The second-order valence-electron chi connectivity index (χ2n) is 9.70. The first kappa shape index (κ1) is 27.6. The Morgan fingerprint density at radius 3 is 2.45 bits per heavy atom. The van der Waals surface area contributed by atoms with Crippen molar-refractivity contribution in [1.82, 2.24) is 9.62 Å². The first-order chi connectivity index (χ1) is 19.3. The van der Waals surface area contributed by atoms with Crippen LogP contribution in [0.3, 0.4) is 0 Å². The van der Waals surface area contributed by atoms with Crippen molar-refractivity contribution in [3.63, 3.8) is 0 Å². The summed E-state index contributed by atoms with van der Waals surface area (Å²) in [5.41, 5.74) is 1.51. The van der Waals surface area contributed by atoms with Crippen molar-refractivity contribution in [2.75, 3.05) is 31.6 Å². The molecule has 2 heterocycles. The van der Waals surface area contributed by atoms with E-state index in [2.05, 4.69) is 5.32 Å². The van der Waals surface area contributed by atoms with Gasteiger partial charge < -0.3 is 19.7 Å². The van der Waals surface area contributed by atoms with Gasteiger partial charge in [-0.2, -0.15) is 4.31 Å². The van der Waals surface area contributed by atoms with Crippen LogP contribution in [0.1, 0.15) is 18.4 Å². The monoisotopic (exact) mass is 567 g/mol. The maximum atomic E-state index is 13.9. The Morgan fingerprint density at radius 1 is 1.02 bits per heavy atom. The normalized spacial score (nSPS) is 17.9. The Kier molecular flexibility index (Phi) is 8.04. The molecule has 1 unspecified atom stereocenters. The van der Waals surface area contributed by atoms with Gasteiger partial charge in [0.2, 0.25) is 15.9 Å². The molecule has 2 aliphatic heterocycles. The minimum absolute atomic E-state index is 0.0372. The minimum Gasteiger partial charge on any atom is -0.495 e. The number of hydrogen-bond donors (Lipinski definition) is 1. The lowest BCUT2D eigenvalue weighted by molar-refractivity contribution is -0.129. The summed E-state index contributed by atoms with van der Waals surface area (Å²) in [7, 11) is -2.70. The molecule has 0 radical (unpaired) electrons. The fourth-order valence-electron chi connectivity index (χ4n) is 5.03. The molecule has 9 nitrogen and oxygen atoms in total. The highest BCUT2D eigenvalue weighted by molar-refractivity contribution is 7.89. The molecule has 210 valence electrons. The average Bonchev–Trinajstić information content (AvgIpc) is 2.99. The van der Waals surface area contributed by atoms with Crippen LogP contribution in [0.2, 0.25) is 0 Å². The Balaban J connectivity index is 1.28. The molecule has 3 aromatic rings. The van der Waals surface area contributed by atoms with Gasteiger partial charge in [-0.1, -0.05) is 42.5 Å². The van der Waals surface area contributed by atoms with Crippen molar-refractivity contribution in [2.45, 2.75) is 30.4 Å². The molecular weight excluding hydrogens is 537 g/mol. The molecule has 1 N–H and O–H groups in total. The second-order valence-corrected chi connectivity index (χ2v) is 11.6. The molecule has 2 amide bonds. The summed E-state index contributed by atoms with van der Waals surface area (Å²) in [6, 6.07) is 19.9. The van der Waals surface area contributed by atoms with Crippen LogP contribution in [-0.2, 0) is 26.2 Å². The molecule has 2 aliphatic rings. The Labute approximate surface area is 232 Å². The summed E-state index contributed by atoms with van der Waals surface area (Å²) in [5, 5.41) is 2.88. The number of carbonyl (C=O) groups is 2. The smallest absolute Gasteiger partial charge is 0.263 e. The number of para-hydroxylation sites is 2. The predicted octanol–water partition coefficient (Wildman–Crippen LogP) is 3.35. The Bertz CT molecular complexity index is 1490. The van der Waals surface area contributed by atoms with Gasteiger partial charge in [-0.3, -0.25) is 9.59 Å². The molecule has 0 bridgehead atoms. The third-order valence-corrected chi connectivity index (χ3v) is 9.11. The minimum atomic E-state index is -4.03. The van der Waals surface area contributed by atoms with E-state index in [1.165, 1.54) is 17.5 Å². The maximum absolute atomic E-state index is 13.9. The van der Waals surface area contributed by atoms with Crippen LogP contribution in [-0.4, -0.2) is 57.4 Å². The van der Waals surface area contributed by atoms with Gasteiger partial charge in [-0.25, -0.2) is 12.8 Å². The summed E-state index contributed by atoms with van der Waals surface area (Å²) >= 11 is 0. The number of carbonyl (C=O) groups excluding carboxylic acids is 2. The molecule has 0 saturated carbocycles. The highest BCUT2D eigenvalue weighted by atomic mass is 32.2. The molecule has 0 aromatic heterocycles. The predicted molar refractivity (Wildman–Crippen MR) is 146 cm³/mol. The van der Waals surface area contributed by atoms with Crippen LogP contribution < -0.4 is 19.7 Å². The SMILES string of the molecule is COc1ccc(F)cc1S(=O)(=O)N1CCC(C(=O)N2CC(C(=O)NCc3ccccc3)Oc3ccccc32)CC1. The number of halogens is 1. The number of fused-ring (bicyclic) bond motifs is 1. The molecule has 3 aromatic carbocycles. The third-order valence-electron chi connectivity index (χ3n) is 7.19. The van der Waals surface area contributed by atoms with E-state index in [1.54, 1.807) is 29.2 Å². The molecule has 0 spiro atoms. The highest BCUT2D eigenvalue weighted by Crippen LogP contribution is 2.36. The zero-order valence-corrected chi connectivity index (χ0v) is 22.8. The van der Waals surface area contributed by atoms with Crippen molar-refractivity contribution >= 4 is 27.5 Å². The summed E-state index contributed by atoms with van der Waals surface area (Å²) in [6.45, 7) is 0.546. The second kappa shape index (κ2) is 11.6. The zero-order valence-electron chi connectivity index (χ0n) is 22.0. The van der Waals surface area contributed by atoms with Crippen molar-refractivity contribution < 1.29 is 31.9 Å². The largest absolute Gasteiger partial charge is 0.495 e. The summed E-state index contributed by atoms with van der Waals surface area (Å²) in [4.78, 5) is 28.1. The van der Waals surface area contributed by atoms with Gasteiger partial charge in [0, 0.05) is 25.6 Å². The van der Waals surface area contributed by atoms with Gasteiger partial charge >= 0.3 is 0 Å². The lowest BCUT2D eigenvalue weighted by Crippen LogP contribution is -2.53. The number of sulfonamides is 1. The molecule has 1 saturated heterocycles. The Hall–Kier alpha value is -3.96. The van der Waals surface area contributed by atoms with Gasteiger partial charge in [-0.05, 0) is 48.7 Å². The molecule has 11 heteroatoms. The molecule has 1 fully saturated rings. The highest BCUT2D eigenvalue weighted by Gasteiger charge is 2.39. The fraction of sp³-hybridized carbons (Fsp3) is 0.310. The van der Waals surface area contributed by atoms with Gasteiger partial charge in [-0.15, -0.1) is 0 Å². The molecule has 40 heavy (non-hydrogen) atoms. The quantitative estimate of drug-likeness (QED) is 0.470. The van der Waals surface area contributed by atoms with Crippen molar-refractivity contribution in [3.05, 3.63) is 84.2 Å². The van der Waals surface area contributed by atoms with Gasteiger partial charge in [0.15, 0.2) is 6.10 Å². The topological polar surface area (TPSA) is 105 Å². The molecular formula is C29H30FN3O6S. The lowest BCUT2D eigenvalue weighted by atomic mass is 9.95. The van der Waals surface area contributed by atoms with Crippen LogP contribution in [0.5, 0.6) is 11.5 Å². The third kappa shape index (κ3) is 5.66. The van der Waals surface area contributed by atoms with Gasteiger partial charge in [0.1, 0.15) is 22.2 Å². The fourth-order valence-corrected chi connectivity index (χ4v) is 6.67. The van der Waals surface area contributed by atoms with Crippen molar-refractivity contribution in [3.8, 4) is 11.5 Å². The number of methoxy groups -OCH3 is 1. The van der Waals surface area contributed by atoms with Crippen molar-refractivity contribution in [1.29, 1.82) is 0 Å². The van der Waals surface area contributed by atoms with E-state index in [1.807, 2.05) is 30.3 Å². The number of nitrogens with one attached hydrogen (secondary N) is 1. The number of nitrogens with zero attached hydrogens (tertiary/aromatic N) is 2. The lowest BCUT2D eigenvalue weighted by Gasteiger charge is -2.38. The van der Waals surface area contributed by atoms with E-state index < -0.39 is 27.9 Å². The van der Waals surface area contributed by atoms with E-state index in [9.17, 15) is 22.4 Å². The maximum Gasteiger partial charge on any atom is 0.263 e. The summed E-state index contributed by atoms with van der Waals surface area (Å²) in [6.07, 6.45) is -0.344. The molecule has 1 atom stereocenters. The first-order valence-electron chi connectivity index (χ1n) is 13.0. The number of rotatable bonds is 7. The van der Waals surface area contributed by atoms with E-state index in [-0.39, 0.29) is 54.9 Å². The van der Waals surface area contributed by atoms with Gasteiger partial charge in [0.05, 0.1) is 19.3 Å². The summed E-state index contributed by atoms with van der Waals surface area (Å²) < 4.78 is 52.8. The summed E-state index contributed by atoms with van der Waals surface area (Å²) in [5.74, 6) is -1.18. The standard InChI is InChI=1S/C29H30FN3O6S/c1-38-25-12-11-22(30)17-27(25)40(36,37)32-15-13-21(14-16-32)29(35)33-19-26(39-24-10-6-5-9-23(24)33)28(34)31-18-20-7-3-2-4-8-20/h2-12,17,21,26H,13-16,18-19H2,1H3,(H,31,34). The van der Waals surface area contributed by atoms with Crippen LogP contribution in [0, 0.1) is 11.7 Å². The Morgan fingerprint density at radius 2 is 1.73 bits per heavy atom. The van der Waals surface area contributed by atoms with Gasteiger partial charge in [0.25, 0.3) is 5.91 Å². The van der Waals surface area contributed by atoms with E-state index >= 15 is 0 Å². The van der Waals surface area contributed by atoms with E-state index in [0.29, 0.717) is 18.0 Å². The van der Waals surface area contributed by atoms with Crippen LogP contribution >= 0.6 is 0 Å². The van der Waals surface area contributed by atoms with E-state index in [0.717, 1.165) is 17.7 Å². The van der Waals surface area contributed by atoms with Crippen LogP contribution in [0.15, 0.2) is 77.7 Å². The van der Waals surface area contributed by atoms with Crippen LogP contribution in [0.25, 0.3) is 0 Å². The van der Waals surface area contributed by atoms with Crippen molar-refractivity contribution in [2.24, 2.45) is 5.92 Å². The first-order valence-corrected chi connectivity index (χ1v) is 14.4. The molecule has 5 rings (SSSR count). The number of amides is 2. The number of hydrogen-bond acceptors (Lipinski definition) is 6. The number of anilines is 1.